The first-order valence-electron chi connectivity index (χ1n) is 6.15. The molecule has 5 heteroatoms. The van der Waals surface area contributed by atoms with Crippen molar-refractivity contribution in [3.05, 3.63) is 10.2 Å². The fraction of sp³-hybridized carbons (Fsp3) is 0.750. The van der Waals surface area contributed by atoms with Crippen molar-refractivity contribution in [2.75, 3.05) is 25.1 Å². The molecule has 0 fully saturated rings. The third-order valence-electron chi connectivity index (χ3n) is 2.93. The lowest BCUT2D eigenvalue weighted by Crippen LogP contribution is -2.19. The number of aliphatic hydroxyl groups is 1. The summed E-state index contributed by atoms with van der Waals surface area (Å²) in [5, 5.41) is 13.3. The van der Waals surface area contributed by atoms with E-state index in [9.17, 15) is 0 Å². The Morgan fingerprint density at radius 3 is 2.59 bits per heavy atom. The Morgan fingerprint density at radius 2 is 2.06 bits per heavy atom. The molecule has 0 aliphatic heterocycles. The molecule has 1 N–H and O–H groups in total. The van der Waals surface area contributed by atoms with E-state index in [4.69, 9.17) is 5.11 Å². The van der Waals surface area contributed by atoms with E-state index in [0.717, 1.165) is 42.5 Å². The summed E-state index contributed by atoms with van der Waals surface area (Å²) in [6.45, 7) is 3.39. The molecule has 0 spiro atoms. The predicted molar refractivity (Wildman–Crippen MR) is 74.5 cm³/mol. The van der Waals surface area contributed by atoms with Crippen LogP contribution in [0.2, 0.25) is 0 Å². The number of halogens is 1. The van der Waals surface area contributed by atoms with Crippen LogP contribution in [0.3, 0.4) is 0 Å². The van der Waals surface area contributed by atoms with Gasteiger partial charge in [0, 0.05) is 27.2 Å². The van der Waals surface area contributed by atoms with Crippen molar-refractivity contribution in [3.8, 4) is 0 Å². The highest BCUT2D eigenvalue weighted by molar-refractivity contribution is 9.10. The van der Waals surface area contributed by atoms with Gasteiger partial charge in [-0.1, -0.05) is 6.92 Å². The van der Waals surface area contributed by atoms with Crippen LogP contribution in [0.25, 0.3) is 0 Å². The molecule has 0 saturated heterocycles. The number of unbranched alkanes of at least 4 members (excludes halogenated alkanes) is 2. The molecule has 1 aromatic rings. The van der Waals surface area contributed by atoms with Crippen molar-refractivity contribution in [2.45, 2.75) is 32.6 Å². The van der Waals surface area contributed by atoms with Crippen LogP contribution >= 0.6 is 15.9 Å². The molecule has 0 radical (unpaired) electrons. The number of rotatable bonds is 7. The molecule has 0 amide bonds. The molecule has 0 saturated carbocycles. The van der Waals surface area contributed by atoms with Gasteiger partial charge in [0.2, 0.25) is 0 Å². The molecule has 4 nitrogen and oxygen atoms in total. The molecule has 0 atom stereocenters. The molecule has 1 heterocycles. The lowest BCUT2D eigenvalue weighted by atomic mass is 10.2. The highest BCUT2D eigenvalue weighted by Crippen LogP contribution is 2.28. The lowest BCUT2D eigenvalue weighted by molar-refractivity contribution is 0.283. The third kappa shape index (κ3) is 3.71. The molecule has 1 aromatic heterocycles. The van der Waals surface area contributed by atoms with E-state index in [-0.39, 0.29) is 6.61 Å². The molecule has 0 unspecified atom stereocenters. The molecule has 0 bridgehead atoms. The van der Waals surface area contributed by atoms with Gasteiger partial charge in [-0.05, 0) is 41.6 Å². The Bertz CT molecular complexity index is 352. The predicted octanol–water partition coefficient (Wildman–Crippen LogP) is 2.34. The van der Waals surface area contributed by atoms with Gasteiger partial charge in [0.25, 0.3) is 0 Å². The van der Waals surface area contributed by atoms with Crippen molar-refractivity contribution in [2.24, 2.45) is 7.05 Å². The maximum atomic E-state index is 8.73. The minimum atomic E-state index is 0.289. The van der Waals surface area contributed by atoms with Crippen molar-refractivity contribution >= 4 is 21.7 Å². The van der Waals surface area contributed by atoms with E-state index in [0.29, 0.717) is 0 Å². The third-order valence-corrected chi connectivity index (χ3v) is 3.75. The molecule has 0 aromatic carbocycles. The van der Waals surface area contributed by atoms with Crippen LogP contribution in [-0.2, 0) is 13.5 Å². The number of anilines is 1. The summed E-state index contributed by atoms with van der Waals surface area (Å²) in [5.74, 6) is 1.01. The molecule has 98 valence electrons. The van der Waals surface area contributed by atoms with E-state index < -0.39 is 0 Å². The number of nitrogens with zero attached hydrogens (tertiary/aromatic N) is 3. The van der Waals surface area contributed by atoms with E-state index in [1.54, 1.807) is 0 Å². The second kappa shape index (κ2) is 7.01. The van der Waals surface area contributed by atoms with E-state index in [2.05, 4.69) is 39.9 Å². The normalized spacial score (nSPS) is 10.9. The highest BCUT2D eigenvalue weighted by Gasteiger charge is 2.15. The molecular formula is C12H22BrN3O. The Balaban J connectivity index is 2.59. The Kier molecular flexibility index (Phi) is 5.98. The first-order valence-corrected chi connectivity index (χ1v) is 6.94. The standard InChI is InChI=1S/C12H22BrN3O/c1-4-10-11(13)12(14-16(10)3)15(2)8-6-5-7-9-17/h17H,4-9H2,1-3H3. The first kappa shape index (κ1) is 14.5. The van der Waals surface area contributed by atoms with Gasteiger partial charge in [0.15, 0.2) is 5.82 Å². The average Bonchev–Trinajstić information content (AvgIpc) is 2.60. The fourth-order valence-corrected chi connectivity index (χ4v) is 2.81. The highest BCUT2D eigenvalue weighted by atomic mass is 79.9. The summed E-state index contributed by atoms with van der Waals surface area (Å²) in [5.41, 5.74) is 1.22. The van der Waals surface area contributed by atoms with Gasteiger partial charge in [0.1, 0.15) is 0 Å². The van der Waals surface area contributed by atoms with Crippen LogP contribution in [0.1, 0.15) is 31.9 Å². The van der Waals surface area contributed by atoms with Gasteiger partial charge in [-0.2, -0.15) is 5.10 Å². The van der Waals surface area contributed by atoms with Gasteiger partial charge < -0.3 is 10.0 Å². The number of aliphatic hydroxyl groups excluding tert-OH is 1. The lowest BCUT2D eigenvalue weighted by Gasteiger charge is -2.16. The Labute approximate surface area is 112 Å². The van der Waals surface area contributed by atoms with E-state index in [1.165, 1.54) is 5.69 Å². The molecular weight excluding hydrogens is 282 g/mol. The van der Waals surface area contributed by atoms with Gasteiger partial charge >= 0.3 is 0 Å². The molecule has 0 aliphatic rings. The molecule has 1 rings (SSSR count). The monoisotopic (exact) mass is 303 g/mol. The Morgan fingerprint density at radius 1 is 1.35 bits per heavy atom. The smallest absolute Gasteiger partial charge is 0.165 e. The Hall–Kier alpha value is -0.550. The van der Waals surface area contributed by atoms with Crippen LogP contribution in [-0.4, -0.2) is 35.1 Å². The summed E-state index contributed by atoms with van der Waals surface area (Å²) >= 11 is 3.62. The zero-order valence-electron chi connectivity index (χ0n) is 10.9. The second-order valence-corrected chi connectivity index (χ2v) is 5.06. The maximum Gasteiger partial charge on any atom is 0.165 e. The quantitative estimate of drug-likeness (QED) is 0.786. The number of aryl methyl sites for hydroxylation is 1. The number of hydrogen-bond acceptors (Lipinski definition) is 3. The zero-order chi connectivity index (χ0) is 12.8. The van der Waals surface area contributed by atoms with Crippen molar-refractivity contribution in [1.29, 1.82) is 0 Å². The van der Waals surface area contributed by atoms with Gasteiger partial charge in [-0.15, -0.1) is 0 Å². The summed E-state index contributed by atoms with van der Waals surface area (Å²) in [7, 11) is 4.04. The van der Waals surface area contributed by atoms with Gasteiger partial charge in [-0.25, -0.2) is 0 Å². The minimum Gasteiger partial charge on any atom is -0.396 e. The van der Waals surface area contributed by atoms with Gasteiger partial charge in [-0.3, -0.25) is 4.68 Å². The summed E-state index contributed by atoms with van der Waals surface area (Å²) < 4.78 is 3.04. The van der Waals surface area contributed by atoms with Crippen LogP contribution in [0, 0.1) is 0 Å². The molecule has 17 heavy (non-hydrogen) atoms. The van der Waals surface area contributed by atoms with Crippen LogP contribution in [0.5, 0.6) is 0 Å². The second-order valence-electron chi connectivity index (χ2n) is 4.27. The zero-order valence-corrected chi connectivity index (χ0v) is 12.5. The molecule has 0 aliphatic carbocycles. The van der Waals surface area contributed by atoms with E-state index >= 15 is 0 Å². The van der Waals surface area contributed by atoms with Crippen molar-refractivity contribution in [3.63, 3.8) is 0 Å². The number of hydrogen-bond donors (Lipinski definition) is 1. The van der Waals surface area contributed by atoms with Gasteiger partial charge in [0.05, 0.1) is 10.2 Å². The topological polar surface area (TPSA) is 41.3 Å². The minimum absolute atomic E-state index is 0.289. The fourth-order valence-electron chi connectivity index (χ4n) is 1.89. The largest absolute Gasteiger partial charge is 0.396 e. The first-order chi connectivity index (χ1) is 8.11. The van der Waals surface area contributed by atoms with Crippen LogP contribution in [0.4, 0.5) is 5.82 Å². The van der Waals surface area contributed by atoms with Crippen LogP contribution in [0.15, 0.2) is 4.47 Å². The number of aromatic nitrogens is 2. The summed E-state index contributed by atoms with van der Waals surface area (Å²) in [6.07, 6.45) is 4.01. The SMILES string of the molecule is CCc1c(Br)c(N(C)CCCCCO)nn1C. The summed E-state index contributed by atoms with van der Waals surface area (Å²) in [4.78, 5) is 2.17. The average molecular weight is 304 g/mol. The van der Waals surface area contributed by atoms with E-state index in [1.807, 2.05) is 11.7 Å². The van der Waals surface area contributed by atoms with Crippen LogP contribution < -0.4 is 4.90 Å². The maximum absolute atomic E-state index is 8.73. The van der Waals surface area contributed by atoms with Crippen molar-refractivity contribution in [1.82, 2.24) is 9.78 Å². The summed E-state index contributed by atoms with van der Waals surface area (Å²) in [6, 6.07) is 0. The van der Waals surface area contributed by atoms with Crippen molar-refractivity contribution < 1.29 is 5.11 Å².